The van der Waals surface area contributed by atoms with Crippen molar-refractivity contribution < 1.29 is 14.5 Å². The highest BCUT2D eigenvalue weighted by molar-refractivity contribution is 6.34. The highest BCUT2D eigenvalue weighted by atomic mass is 35.5. The van der Waals surface area contributed by atoms with Crippen molar-refractivity contribution in [2.45, 2.75) is 13.3 Å². The van der Waals surface area contributed by atoms with Crippen molar-refractivity contribution in [2.24, 2.45) is 0 Å². The molecule has 0 bridgehead atoms. The van der Waals surface area contributed by atoms with Crippen LogP contribution < -0.4 is 5.32 Å². The molecule has 1 aliphatic heterocycles. The van der Waals surface area contributed by atoms with E-state index in [9.17, 15) is 19.7 Å². The molecule has 1 aliphatic rings. The van der Waals surface area contributed by atoms with Crippen LogP contribution in [0.5, 0.6) is 0 Å². The van der Waals surface area contributed by atoms with Crippen LogP contribution in [0.4, 0.5) is 11.4 Å². The quantitative estimate of drug-likeness (QED) is 0.561. The van der Waals surface area contributed by atoms with E-state index in [1.165, 1.54) is 18.2 Å². The first-order valence-corrected chi connectivity index (χ1v) is 9.99. The molecule has 2 aromatic carbocycles. The molecule has 9 heteroatoms. The Labute approximate surface area is 179 Å². The predicted octanol–water partition coefficient (Wildman–Crippen LogP) is 2.88. The van der Waals surface area contributed by atoms with E-state index < -0.39 is 4.92 Å². The summed E-state index contributed by atoms with van der Waals surface area (Å²) in [7, 11) is 0. The Morgan fingerprint density at radius 3 is 2.47 bits per heavy atom. The topological polar surface area (TPSA) is 95.8 Å². The summed E-state index contributed by atoms with van der Waals surface area (Å²) in [5.74, 6) is -0.170. The summed E-state index contributed by atoms with van der Waals surface area (Å²) in [5, 5.41) is 13.6. The van der Waals surface area contributed by atoms with Gasteiger partial charge < -0.3 is 10.2 Å². The van der Waals surface area contributed by atoms with E-state index in [4.69, 9.17) is 11.6 Å². The Balaban J connectivity index is 1.47. The molecule has 1 fully saturated rings. The van der Waals surface area contributed by atoms with Gasteiger partial charge in [0.2, 0.25) is 11.8 Å². The number of non-ortho nitro benzene ring substituents is 1. The van der Waals surface area contributed by atoms with E-state index in [0.29, 0.717) is 38.3 Å². The fourth-order valence-electron chi connectivity index (χ4n) is 3.35. The Morgan fingerprint density at radius 1 is 1.13 bits per heavy atom. The van der Waals surface area contributed by atoms with Crippen LogP contribution in [0.3, 0.4) is 0 Å². The van der Waals surface area contributed by atoms with E-state index in [1.807, 2.05) is 41.0 Å². The zero-order valence-electron chi connectivity index (χ0n) is 16.6. The van der Waals surface area contributed by atoms with Crippen molar-refractivity contribution >= 4 is 34.8 Å². The predicted molar refractivity (Wildman–Crippen MR) is 115 cm³/mol. The summed E-state index contributed by atoms with van der Waals surface area (Å²) in [6.07, 6.45) is 0.381. The molecule has 0 atom stereocenters. The summed E-state index contributed by atoms with van der Waals surface area (Å²) in [6.45, 7) is 4.48. The maximum absolute atomic E-state index is 12.6. The van der Waals surface area contributed by atoms with Gasteiger partial charge in [0.05, 0.1) is 28.6 Å². The van der Waals surface area contributed by atoms with E-state index in [-0.39, 0.29) is 29.1 Å². The van der Waals surface area contributed by atoms with Crippen LogP contribution in [0.2, 0.25) is 5.02 Å². The standard InChI is InChI=1S/C21H23ClN4O4/c1-15-4-2-3-5-16(15)12-21(28)25-10-8-24(9-11-25)14-20(27)23-19-7-6-17(26(29)30)13-18(19)22/h2-7,13H,8-12,14H2,1H3,(H,23,27). The third-order valence-corrected chi connectivity index (χ3v) is 5.45. The number of nitro benzene ring substituents is 1. The first-order chi connectivity index (χ1) is 14.3. The zero-order valence-corrected chi connectivity index (χ0v) is 17.4. The van der Waals surface area contributed by atoms with Crippen molar-refractivity contribution in [3.05, 3.63) is 68.7 Å². The molecule has 2 aromatic rings. The van der Waals surface area contributed by atoms with Gasteiger partial charge in [0.1, 0.15) is 0 Å². The minimum atomic E-state index is -0.544. The summed E-state index contributed by atoms with van der Waals surface area (Å²) in [4.78, 5) is 38.9. The van der Waals surface area contributed by atoms with Gasteiger partial charge in [-0.1, -0.05) is 35.9 Å². The maximum Gasteiger partial charge on any atom is 0.271 e. The number of piperazine rings is 1. The van der Waals surface area contributed by atoms with Crippen molar-refractivity contribution in [1.82, 2.24) is 9.80 Å². The number of benzene rings is 2. The van der Waals surface area contributed by atoms with E-state index in [2.05, 4.69) is 5.32 Å². The molecule has 0 aliphatic carbocycles. The molecule has 0 radical (unpaired) electrons. The number of aryl methyl sites for hydroxylation is 1. The molecule has 0 saturated carbocycles. The molecule has 0 aromatic heterocycles. The van der Waals surface area contributed by atoms with Crippen molar-refractivity contribution in [1.29, 1.82) is 0 Å². The number of carbonyl (C=O) groups is 2. The first kappa shape index (κ1) is 21.7. The molecule has 158 valence electrons. The minimum Gasteiger partial charge on any atom is -0.340 e. The van der Waals surface area contributed by atoms with Crippen LogP contribution in [-0.4, -0.2) is 59.3 Å². The van der Waals surface area contributed by atoms with Crippen LogP contribution in [0.15, 0.2) is 42.5 Å². The fourth-order valence-corrected chi connectivity index (χ4v) is 3.57. The SMILES string of the molecule is Cc1ccccc1CC(=O)N1CCN(CC(=O)Nc2ccc([N+](=O)[O-])cc2Cl)CC1. The van der Waals surface area contributed by atoms with E-state index >= 15 is 0 Å². The number of nitro groups is 1. The molecule has 30 heavy (non-hydrogen) atoms. The third kappa shape index (κ3) is 5.55. The van der Waals surface area contributed by atoms with Crippen molar-refractivity contribution in [3.63, 3.8) is 0 Å². The molecule has 3 rings (SSSR count). The number of anilines is 1. The van der Waals surface area contributed by atoms with Crippen molar-refractivity contribution in [3.8, 4) is 0 Å². The monoisotopic (exact) mass is 430 g/mol. The van der Waals surface area contributed by atoms with E-state index in [1.54, 1.807) is 0 Å². The lowest BCUT2D eigenvalue weighted by molar-refractivity contribution is -0.384. The van der Waals surface area contributed by atoms with Gasteiger partial charge in [0, 0.05) is 38.3 Å². The van der Waals surface area contributed by atoms with Crippen LogP contribution in [0, 0.1) is 17.0 Å². The molecule has 1 saturated heterocycles. The smallest absolute Gasteiger partial charge is 0.271 e. The average molecular weight is 431 g/mol. The molecule has 1 N–H and O–H groups in total. The minimum absolute atomic E-state index is 0.0889. The molecular formula is C21H23ClN4O4. The molecular weight excluding hydrogens is 408 g/mol. The third-order valence-electron chi connectivity index (χ3n) is 5.13. The van der Waals surface area contributed by atoms with Gasteiger partial charge in [-0.2, -0.15) is 0 Å². The number of nitrogens with zero attached hydrogens (tertiary/aromatic N) is 3. The summed E-state index contributed by atoms with van der Waals surface area (Å²) in [5.41, 5.74) is 2.33. The van der Waals surface area contributed by atoms with Crippen molar-refractivity contribution in [2.75, 3.05) is 38.0 Å². The normalized spacial score (nSPS) is 14.4. The summed E-state index contributed by atoms with van der Waals surface area (Å²) >= 11 is 6.01. The molecule has 0 unspecified atom stereocenters. The lowest BCUT2D eigenvalue weighted by Crippen LogP contribution is -2.50. The Bertz CT molecular complexity index is 958. The molecule has 0 spiro atoms. The lowest BCUT2D eigenvalue weighted by atomic mass is 10.1. The number of hydrogen-bond acceptors (Lipinski definition) is 5. The molecule has 1 heterocycles. The number of nitrogens with one attached hydrogen (secondary N) is 1. The van der Waals surface area contributed by atoms with Gasteiger partial charge in [-0.25, -0.2) is 0 Å². The summed E-state index contributed by atoms with van der Waals surface area (Å²) < 4.78 is 0. The Morgan fingerprint density at radius 2 is 1.83 bits per heavy atom. The molecule has 2 amide bonds. The van der Waals surface area contributed by atoms with E-state index in [0.717, 1.165) is 11.1 Å². The fraction of sp³-hybridized carbons (Fsp3) is 0.333. The van der Waals surface area contributed by atoms with Gasteiger partial charge in [-0.05, 0) is 24.1 Å². The van der Waals surface area contributed by atoms with Gasteiger partial charge in [0.25, 0.3) is 5.69 Å². The molecule has 8 nitrogen and oxygen atoms in total. The number of halogens is 1. The van der Waals surface area contributed by atoms with Gasteiger partial charge >= 0.3 is 0 Å². The second-order valence-corrected chi connectivity index (χ2v) is 7.64. The Hall–Kier alpha value is -2.97. The Kier molecular flexibility index (Phi) is 7.02. The second kappa shape index (κ2) is 9.69. The van der Waals surface area contributed by atoms with Crippen LogP contribution >= 0.6 is 11.6 Å². The highest BCUT2D eigenvalue weighted by Gasteiger charge is 2.23. The van der Waals surface area contributed by atoms with Gasteiger partial charge in [0.15, 0.2) is 0 Å². The lowest BCUT2D eigenvalue weighted by Gasteiger charge is -2.34. The average Bonchev–Trinajstić information content (AvgIpc) is 2.71. The number of rotatable bonds is 6. The number of amides is 2. The highest BCUT2D eigenvalue weighted by Crippen LogP contribution is 2.26. The van der Waals surface area contributed by atoms with Crippen LogP contribution in [-0.2, 0) is 16.0 Å². The largest absolute Gasteiger partial charge is 0.340 e. The summed E-state index contributed by atoms with van der Waals surface area (Å²) in [6, 6.07) is 11.8. The number of carbonyl (C=O) groups excluding carboxylic acids is 2. The van der Waals surface area contributed by atoms with Gasteiger partial charge in [-0.15, -0.1) is 0 Å². The maximum atomic E-state index is 12.6. The van der Waals surface area contributed by atoms with Gasteiger partial charge in [-0.3, -0.25) is 24.6 Å². The zero-order chi connectivity index (χ0) is 21.7. The second-order valence-electron chi connectivity index (χ2n) is 7.23. The first-order valence-electron chi connectivity index (χ1n) is 9.62. The number of hydrogen-bond donors (Lipinski definition) is 1. The van der Waals surface area contributed by atoms with Crippen LogP contribution in [0.25, 0.3) is 0 Å². The van der Waals surface area contributed by atoms with Crippen LogP contribution in [0.1, 0.15) is 11.1 Å².